The lowest BCUT2D eigenvalue weighted by Gasteiger charge is -2.27. The Balaban J connectivity index is 1.33. The van der Waals surface area contributed by atoms with Gasteiger partial charge in [-0.2, -0.15) is 5.10 Å². The van der Waals surface area contributed by atoms with E-state index in [9.17, 15) is 13.2 Å². The fourth-order valence-electron chi connectivity index (χ4n) is 3.79. The first kappa shape index (κ1) is 24.9. The first-order chi connectivity index (χ1) is 17.3. The predicted molar refractivity (Wildman–Crippen MR) is 144 cm³/mol. The molecule has 1 atom stereocenters. The van der Waals surface area contributed by atoms with Crippen molar-refractivity contribution in [1.82, 2.24) is 5.43 Å². The van der Waals surface area contributed by atoms with Crippen molar-refractivity contribution in [3.8, 4) is 5.75 Å². The van der Waals surface area contributed by atoms with Gasteiger partial charge in [0.15, 0.2) is 0 Å². The number of nitrogens with one attached hydrogen (secondary N) is 1. The quantitative estimate of drug-likeness (QED) is 0.265. The monoisotopic (exact) mass is 501 g/mol. The molecule has 8 heteroatoms. The summed E-state index contributed by atoms with van der Waals surface area (Å²) in [6, 6.07) is 29.2. The number of sulfonamides is 1. The van der Waals surface area contributed by atoms with Crippen LogP contribution in [0, 0.1) is 0 Å². The summed E-state index contributed by atoms with van der Waals surface area (Å²) in [5.74, 6) is 0.167. The number of ether oxygens (including phenoxy) is 1. The Bertz CT molecular complexity index is 1470. The smallest absolute Gasteiger partial charge is 0.263 e. The van der Waals surface area contributed by atoms with Crippen molar-refractivity contribution in [3.05, 3.63) is 108 Å². The molecule has 4 rings (SSSR count). The minimum Gasteiger partial charge on any atom is -0.489 e. The molecule has 0 saturated heterocycles. The molecule has 4 aromatic rings. The van der Waals surface area contributed by atoms with Crippen molar-refractivity contribution in [2.75, 3.05) is 10.6 Å². The van der Waals surface area contributed by atoms with Gasteiger partial charge >= 0.3 is 0 Å². The van der Waals surface area contributed by atoms with Crippen molar-refractivity contribution in [2.45, 2.75) is 19.6 Å². The Hall–Kier alpha value is -4.17. The molecule has 0 fully saturated rings. The fraction of sp³-hybridized carbons (Fsp3) is 0.143. The molecule has 0 aromatic heterocycles. The minimum absolute atomic E-state index is 0.408. The number of para-hydroxylation sites is 1. The number of rotatable bonds is 9. The maximum Gasteiger partial charge on any atom is 0.263 e. The van der Waals surface area contributed by atoms with E-state index in [1.54, 1.807) is 30.3 Å². The summed E-state index contributed by atoms with van der Waals surface area (Å²) in [5, 5.41) is 6.35. The SMILES string of the molecule is C[C@H](C(=O)N/N=C\c1ccc(OCc2ccc3ccccc3c2)cc1)N(c1ccccc1)S(C)(=O)=O. The van der Waals surface area contributed by atoms with Gasteiger partial charge < -0.3 is 4.74 Å². The van der Waals surface area contributed by atoms with Crippen LogP contribution in [0.1, 0.15) is 18.1 Å². The van der Waals surface area contributed by atoms with Gasteiger partial charge in [0, 0.05) is 0 Å². The highest BCUT2D eigenvalue weighted by Gasteiger charge is 2.28. The molecule has 0 aliphatic heterocycles. The number of anilines is 1. The van der Waals surface area contributed by atoms with Crippen LogP contribution in [0.3, 0.4) is 0 Å². The predicted octanol–water partition coefficient (Wildman–Crippen LogP) is 4.72. The Morgan fingerprint density at radius 2 is 1.61 bits per heavy atom. The van der Waals surface area contributed by atoms with E-state index in [1.165, 1.54) is 23.9 Å². The average Bonchev–Trinajstić information content (AvgIpc) is 2.88. The van der Waals surface area contributed by atoms with E-state index < -0.39 is 22.0 Å². The normalized spacial score (nSPS) is 12.4. The van der Waals surface area contributed by atoms with E-state index in [2.05, 4.69) is 40.9 Å². The number of hydrogen-bond acceptors (Lipinski definition) is 5. The largest absolute Gasteiger partial charge is 0.489 e. The fourth-order valence-corrected chi connectivity index (χ4v) is 4.97. The molecule has 7 nitrogen and oxygen atoms in total. The average molecular weight is 502 g/mol. The third kappa shape index (κ3) is 6.28. The first-order valence-corrected chi connectivity index (χ1v) is 13.2. The summed E-state index contributed by atoms with van der Waals surface area (Å²) in [6.45, 7) is 1.96. The van der Waals surface area contributed by atoms with E-state index in [4.69, 9.17) is 4.74 Å². The highest BCUT2D eigenvalue weighted by Crippen LogP contribution is 2.20. The molecule has 1 N–H and O–H groups in total. The highest BCUT2D eigenvalue weighted by atomic mass is 32.2. The summed E-state index contributed by atoms with van der Waals surface area (Å²) in [6.07, 6.45) is 2.56. The van der Waals surface area contributed by atoms with Gasteiger partial charge in [-0.3, -0.25) is 9.10 Å². The van der Waals surface area contributed by atoms with Crippen LogP contribution in [0.15, 0.2) is 102 Å². The van der Waals surface area contributed by atoms with Gasteiger partial charge in [0.05, 0.1) is 18.2 Å². The lowest BCUT2D eigenvalue weighted by molar-refractivity contribution is -0.121. The van der Waals surface area contributed by atoms with Crippen LogP contribution >= 0.6 is 0 Å². The molecule has 0 spiro atoms. The van der Waals surface area contributed by atoms with Gasteiger partial charge in [0.2, 0.25) is 10.0 Å². The Morgan fingerprint density at radius 3 is 2.31 bits per heavy atom. The second kappa shape index (κ2) is 11.0. The molecule has 0 radical (unpaired) electrons. The number of carbonyl (C=O) groups excluding carboxylic acids is 1. The van der Waals surface area contributed by atoms with Crippen molar-refractivity contribution >= 4 is 38.6 Å². The minimum atomic E-state index is -3.67. The number of carbonyl (C=O) groups is 1. The zero-order valence-corrected chi connectivity index (χ0v) is 20.9. The van der Waals surface area contributed by atoms with E-state index in [-0.39, 0.29) is 0 Å². The summed E-state index contributed by atoms with van der Waals surface area (Å²) >= 11 is 0. The van der Waals surface area contributed by atoms with E-state index in [0.29, 0.717) is 18.0 Å². The number of nitrogens with zero attached hydrogens (tertiary/aromatic N) is 2. The zero-order valence-electron chi connectivity index (χ0n) is 20.0. The van der Waals surface area contributed by atoms with Crippen molar-refractivity contribution < 1.29 is 17.9 Å². The van der Waals surface area contributed by atoms with Crippen LogP contribution in [0.2, 0.25) is 0 Å². The number of hydrogen-bond donors (Lipinski definition) is 1. The topological polar surface area (TPSA) is 88.1 Å². The summed E-state index contributed by atoms with van der Waals surface area (Å²) in [7, 11) is -3.67. The summed E-state index contributed by atoms with van der Waals surface area (Å²) < 4.78 is 31.6. The maximum absolute atomic E-state index is 12.6. The Morgan fingerprint density at radius 1 is 0.944 bits per heavy atom. The van der Waals surface area contributed by atoms with Crippen LogP contribution in [-0.2, 0) is 21.4 Å². The molecule has 0 heterocycles. The van der Waals surface area contributed by atoms with Crippen LogP contribution in [0.25, 0.3) is 10.8 Å². The molecule has 0 aliphatic rings. The molecule has 0 aliphatic carbocycles. The molecule has 184 valence electrons. The number of hydrazone groups is 1. The lowest BCUT2D eigenvalue weighted by atomic mass is 10.1. The molecule has 4 aromatic carbocycles. The molecular formula is C28H27N3O4S. The van der Waals surface area contributed by atoms with Crippen molar-refractivity contribution in [1.29, 1.82) is 0 Å². The third-order valence-corrected chi connectivity index (χ3v) is 6.83. The van der Waals surface area contributed by atoms with Crippen molar-refractivity contribution in [3.63, 3.8) is 0 Å². The Kier molecular flexibility index (Phi) is 7.65. The number of fused-ring (bicyclic) bond motifs is 1. The third-order valence-electron chi connectivity index (χ3n) is 5.59. The van der Waals surface area contributed by atoms with Gasteiger partial charge in [0.1, 0.15) is 18.4 Å². The van der Waals surface area contributed by atoms with Gasteiger partial charge in [0.25, 0.3) is 5.91 Å². The van der Waals surface area contributed by atoms with Crippen molar-refractivity contribution in [2.24, 2.45) is 5.10 Å². The second-order valence-corrected chi connectivity index (χ2v) is 10.2. The van der Waals surface area contributed by atoms with E-state index >= 15 is 0 Å². The van der Waals surface area contributed by atoms with Crippen LogP contribution in [0.5, 0.6) is 5.75 Å². The van der Waals surface area contributed by atoms with Crippen LogP contribution in [-0.4, -0.2) is 32.8 Å². The van der Waals surface area contributed by atoms with Crippen LogP contribution in [0.4, 0.5) is 5.69 Å². The van der Waals surface area contributed by atoms with Gasteiger partial charge in [-0.1, -0.05) is 54.6 Å². The molecule has 1 amide bonds. The van der Waals surface area contributed by atoms with E-state index in [0.717, 1.165) is 21.7 Å². The molecule has 0 bridgehead atoms. The Labute approximate surface area is 211 Å². The standard InChI is InChI=1S/C28H27N3O4S/c1-21(31(36(2,33)34)26-10-4-3-5-11-26)28(32)30-29-19-22-13-16-27(17-14-22)35-20-23-12-15-24-8-6-7-9-25(24)18-23/h3-19,21H,20H2,1-2H3,(H,30,32)/b29-19-/t21-/m1/s1. The molecule has 0 unspecified atom stereocenters. The van der Waals surface area contributed by atoms with Gasteiger partial charge in [-0.15, -0.1) is 0 Å². The second-order valence-electron chi connectivity index (χ2n) is 8.34. The molecular weight excluding hydrogens is 474 g/mol. The number of amides is 1. The lowest BCUT2D eigenvalue weighted by Crippen LogP contribution is -2.46. The van der Waals surface area contributed by atoms with Gasteiger partial charge in [-0.05, 0) is 71.3 Å². The molecule has 36 heavy (non-hydrogen) atoms. The maximum atomic E-state index is 12.6. The van der Waals surface area contributed by atoms with Crippen LogP contribution < -0.4 is 14.5 Å². The van der Waals surface area contributed by atoms with E-state index in [1.807, 2.05) is 36.4 Å². The zero-order chi connectivity index (χ0) is 25.5. The number of benzene rings is 4. The first-order valence-electron chi connectivity index (χ1n) is 11.4. The summed E-state index contributed by atoms with van der Waals surface area (Å²) in [4.78, 5) is 12.6. The summed E-state index contributed by atoms with van der Waals surface area (Å²) in [5.41, 5.74) is 4.66. The molecule has 0 saturated carbocycles. The highest BCUT2D eigenvalue weighted by molar-refractivity contribution is 7.92. The van der Waals surface area contributed by atoms with Gasteiger partial charge in [-0.25, -0.2) is 13.8 Å².